The Bertz CT molecular complexity index is 575. The summed E-state index contributed by atoms with van der Waals surface area (Å²) in [6.07, 6.45) is 4.23. The molecule has 0 amide bonds. The minimum absolute atomic E-state index is 0.226. The molecule has 1 atom stereocenters. The molecule has 0 aliphatic carbocycles. The van der Waals surface area contributed by atoms with Gasteiger partial charge in [-0.05, 0) is 46.8 Å². The second kappa shape index (κ2) is 4.31. The molecular weight excluding hydrogens is 292 g/mol. The van der Waals surface area contributed by atoms with Crippen molar-refractivity contribution >= 4 is 27.1 Å². The molecular formula is C13H17BrN4. The van der Waals surface area contributed by atoms with Crippen LogP contribution in [0.2, 0.25) is 0 Å². The van der Waals surface area contributed by atoms with Crippen molar-refractivity contribution in [1.82, 2.24) is 20.3 Å². The number of H-pyrrole nitrogens is 1. The Labute approximate surface area is 115 Å². The molecule has 1 fully saturated rings. The maximum absolute atomic E-state index is 4.62. The highest BCUT2D eigenvalue weighted by molar-refractivity contribution is 9.10. The van der Waals surface area contributed by atoms with Crippen LogP contribution in [0.1, 0.15) is 38.6 Å². The number of aromatic nitrogens is 3. The molecule has 3 rings (SSSR count). The second-order valence-corrected chi connectivity index (χ2v) is 6.54. The third-order valence-corrected chi connectivity index (χ3v) is 4.16. The van der Waals surface area contributed by atoms with E-state index in [0.717, 1.165) is 28.0 Å². The highest BCUT2D eigenvalue weighted by Gasteiger charge is 2.35. The Balaban J connectivity index is 2.03. The molecule has 2 aromatic heterocycles. The van der Waals surface area contributed by atoms with Crippen LogP contribution in [-0.2, 0) is 0 Å². The van der Waals surface area contributed by atoms with Gasteiger partial charge in [-0.25, -0.2) is 9.97 Å². The van der Waals surface area contributed by atoms with Gasteiger partial charge < -0.3 is 10.3 Å². The van der Waals surface area contributed by atoms with Crippen molar-refractivity contribution in [1.29, 1.82) is 0 Å². The lowest BCUT2D eigenvalue weighted by Crippen LogP contribution is -2.40. The summed E-state index contributed by atoms with van der Waals surface area (Å²) in [6.45, 7) is 5.64. The quantitative estimate of drug-likeness (QED) is 0.851. The number of rotatable bonds is 1. The first-order valence-electron chi connectivity index (χ1n) is 6.31. The summed E-state index contributed by atoms with van der Waals surface area (Å²) in [5, 5.41) is 3.57. The minimum atomic E-state index is 0.226. The maximum Gasteiger partial charge on any atom is 0.177 e. The molecule has 1 aliphatic heterocycles. The number of nitrogens with zero attached hydrogens (tertiary/aromatic N) is 2. The van der Waals surface area contributed by atoms with Gasteiger partial charge in [-0.2, -0.15) is 0 Å². The smallest absolute Gasteiger partial charge is 0.177 e. The van der Waals surface area contributed by atoms with Gasteiger partial charge in [0.1, 0.15) is 5.82 Å². The molecule has 3 heterocycles. The summed E-state index contributed by atoms with van der Waals surface area (Å²) in [5.41, 5.74) is 2.00. The summed E-state index contributed by atoms with van der Waals surface area (Å²) in [6, 6.07) is 2.30. The normalized spacial score (nSPS) is 23.4. The zero-order valence-corrected chi connectivity index (χ0v) is 12.2. The van der Waals surface area contributed by atoms with E-state index in [2.05, 4.69) is 50.0 Å². The van der Waals surface area contributed by atoms with Crippen LogP contribution in [0.5, 0.6) is 0 Å². The van der Waals surface area contributed by atoms with E-state index >= 15 is 0 Å². The van der Waals surface area contributed by atoms with Gasteiger partial charge in [-0.15, -0.1) is 0 Å². The number of hydrogen-bond donors (Lipinski definition) is 2. The molecule has 0 radical (unpaired) electrons. The Kier molecular flexibility index (Phi) is 2.90. The van der Waals surface area contributed by atoms with Crippen molar-refractivity contribution in [3.05, 3.63) is 22.6 Å². The predicted molar refractivity (Wildman–Crippen MR) is 75.3 cm³/mol. The van der Waals surface area contributed by atoms with Crippen LogP contribution in [0.15, 0.2) is 16.7 Å². The lowest BCUT2D eigenvalue weighted by atomic mass is 9.77. The Morgan fingerprint density at radius 2 is 2.28 bits per heavy atom. The summed E-state index contributed by atoms with van der Waals surface area (Å²) in [5.74, 6) is 1.00. The summed E-state index contributed by atoms with van der Waals surface area (Å²) >= 11 is 3.43. The highest BCUT2D eigenvalue weighted by Crippen LogP contribution is 2.39. The Morgan fingerprint density at radius 1 is 1.44 bits per heavy atom. The van der Waals surface area contributed by atoms with Crippen LogP contribution in [0.4, 0.5) is 0 Å². The number of pyridine rings is 1. The molecule has 1 saturated heterocycles. The van der Waals surface area contributed by atoms with Crippen LogP contribution in [0.25, 0.3) is 11.2 Å². The van der Waals surface area contributed by atoms with Gasteiger partial charge in [0.05, 0.1) is 11.6 Å². The molecule has 2 N–H and O–H groups in total. The predicted octanol–water partition coefficient (Wildman–Crippen LogP) is 3.17. The van der Waals surface area contributed by atoms with Crippen molar-refractivity contribution in [3.8, 4) is 0 Å². The van der Waals surface area contributed by atoms with Crippen molar-refractivity contribution in [3.63, 3.8) is 0 Å². The minimum Gasteiger partial charge on any atom is -0.339 e. The van der Waals surface area contributed by atoms with Crippen LogP contribution in [0, 0.1) is 5.41 Å². The fourth-order valence-corrected chi connectivity index (χ4v) is 3.04. The topological polar surface area (TPSA) is 53.6 Å². The summed E-state index contributed by atoms with van der Waals surface area (Å²) < 4.78 is 0.973. The Hall–Kier alpha value is -0.940. The first kappa shape index (κ1) is 12.1. The molecule has 1 unspecified atom stereocenters. The first-order chi connectivity index (χ1) is 8.56. The van der Waals surface area contributed by atoms with Crippen LogP contribution < -0.4 is 5.32 Å². The molecule has 0 spiro atoms. The van der Waals surface area contributed by atoms with Gasteiger partial charge in [0.25, 0.3) is 0 Å². The van der Waals surface area contributed by atoms with Crippen LogP contribution in [0.3, 0.4) is 0 Å². The third-order valence-electron chi connectivity index (χ3n) is 3.72. The number of fused-ring (bicyclic) bond motifs is 1. The standard InChI is InChI=1S/C13H17BrN4/c1-13(2)4-3-5-15-10(13)12-17-9-6-8(14)7-16-11(9)18-12/h6-7,10,15H,3-5H2,1-2H3,(H,16,17,18). The zero-order chi connectivity index (χ0) is 12.8. The number of hydrogen-bond acceptors (Lipinski definition) is 3. The van der Waals surface area contributed by atoms with Gasteiger partial charge in [0.2, 0.25) is 0 Å². The average Bonchev–Trinajstić information content (AvgIpc) is 2.70. The lowest BCUT2D eigenvalue weighted by molar-refractivity contribution is 0.175. The SMILES string of the molecule is CC1(C)CCCNC1c1nc2ncc(Br)cc2[nH]1. The van der Waals surface area contributed by atoms with Crippen molar-refractivity contribution in [2.75, 3.05) is 6.54 Å². The zero-order valence-electron chi connectivity index (χ0n) is 10.6. The fourth-order valence-electron chi connectivity index (χ4n) is 2.71. The highest BCUT2D eigenvalue weighted by atomic mass is 79.9. The van der Waals surface area contributed by atoms with Gasteiger partial charge in [0, 0.05) is 10.7 Å². The number of halogens is 1. The maximum atomic E-state index is 4.62. The monoisotopic (exact) mass is 308 g/mol. The van der Waals surface area contributed by atoms with Crippen molar-refractivity contribution < 1.29 is 0 Å². The largest absolute Gasteiger partial charge is 0.339 e. The molecule has 4 nitrogen and oxygen atoms in total. The molecule has 2 aromatic rings. The third kappa shape index (κ3) is 2.06. The number of aromatic amines is 1. The van der Waals surface area contributed by atoms with E-state index in [1.54, 1.807) is 6.20 Å². The van der Waals surface area contributed by atoms with E-state index in [0.29, 0.717) is 0 Å². The molecule has 96 valence electrons. The van der Waals surface area contributed by atoms with E-state index < -0.39 is 0 Å². The van der Waals surface area contributed by atoms with Gasteiger partial charge in [-0.3, -0.25) is 0 Å². The van der Waals surface area contributed by atoms with E-state index in [1.165, 1.54) is 12.8 Å². The van der Waals surface area contributed by atoms with Crippen molar-refractivity contribution in [2.24, 2.45) is 5.41 Å². The molecule has 18 heavy (non-hydrogen) atoms. The van der Waals surface area contributed by atoms with E-state index in [-0.39, 0.29) is 11.5 Å². The molecule has 0 bridgehead atoms. The van der Waals surface area contributed by atoms with Gasteiger partial charge in [0.15, 0.2) is 5.65 Å². The second-order valence-electron chi connectivity index (χ2n) is 5.63. The number of piperidine rings is 1. The summed E-state index contributed by atoms with van der Waals surface area (Å²) in [4.78, 5) is 12.3. The number of nitrogens with one attached hydrogen (secondary N) is 2. The molecule has 0 saturated carbocycles. The van der Waals surface area contributed by atoms with E-state index in [9.17, 15) is 0 Å². The molecule has 5 heteroatoms. The lowest BCUT2D eigenvalue weighted by Gasteiger charge is -2.38. The Morgan fingerprint density at radius 3 is 3.06 bits per heavy atom. The van der Waals surface area contributed by atoms with Crippen molar-refractivity contribution in [2.45, 2.75) is 32.7 Å². The van der Waals surface area contributed by atoms with E-state index in [4.69, 9.17) is 0 Å². The summed E-state index contributed by atoms with van der Waals surface area (Å²) in [7, 11) is 0. The van der Waals surface area contributed by atoms with Crippen LogP contribution in [-0.4, -0.2) is 21.5 Å². The van der Waals surface area contributed by atoms with Gasteiger partial charge >= 0.3 is 0 Å². The molecule has 1 aliphatic rings. The fraction of sp³-hybridized carbons (Fsp3) is 0.538. The molecule has 0 aromatic carbocycles. The first-order valence-corrected chi connectivity index (χ1v) is 7.10. The number of imidazole rings is 1. The van der Waals surface area contributed by atoms with Crippen LogP contribution >= 0.6 is 15.9 Å². The van der Waals surface area contributed by atoms with E-state index in [1.807, 2.05) is 6.07 Å². The average molecular weight is 309 g/mol. The van der Waals surface area contributed by atoms with Gasteiger partial charge in [-0.1, -0.05) is 13.8 Å².